The number of halogens is 3. The van der Waals surface area contributed by atoms with Crippen molar-refractivity contribution in [3.05, 3.63) is 18.7 Å². The normalized spacial score (nSPS) is 9.18. The summed E-state index contributed by atoms with van der Waals surface area (Å²) in [6.45, 7) is -0.289. The van der Waals surface area contributed by atoms with Gasteiger partial charge in [0.05, 0.1) is 5.41 Å². The molecule has 0 saturated carbocycles. The summed E-state index contributed by atoms with van der Waals surface area (Å²) < 4.78 is 55.3. The van der Waals surface area contributed by atoms with Crippen LogP contribution in [0.4, 0.5) is 13.2 Å². The predicted octanol–water partition coefficient (Wildman–Crippen LogP) is -1.64. The van der Waals surface area contributed by atoms with Gasteiger partial charge in [0, 0.05) is 0 Å². The predicted molar refractivity (Wildman–Crippen MR) is 28.3 cm³/mol. The molecule has 0 saturated heterocycles. The van der Waals surface area contributed by atoms with Crippen LogP contribution >= 0.6 is 0 Å². The van der Waals surface area contributed by atoms with E-state index in [-0.39, 0.29) is 18.9 Å². The fourth-order valence-corrected chi connectivity index (χ4v) is 0. The van der Waals surface area contributed by atoms with E-state index in [2.05, 4.69) is 6.58 Å². The van der Waals surface area contributed by atoms with Gasteiger partial charge >= 0.3 is 18.9 Å². The monoisotopic (exact) mass is 184 g/mol. The zero-order valence-corrected chi connectivity index (χ0v) is 6.41. The average Bonchev–Trinajstić information content (AvgIpc) is 1.63. The standard InChI is InChI=1S/C2H4O3S.CF3.Li/c1-2-6(3,4)5;2-1(3)4;/h2H,1H2,(H,3,4,5);;/q;-1;+1. The van der Waals surface area contributed by atoms with Gasteiger partial charge in [-0.15, -0.1) is 0 Å². The molecular weight excluding hydrogens is 180 g/mol. The summed E-state index contributed by atoms with van der Waals surface area (Å²) in [4.78, 5) is 0. The average molecular weight is 184 g/mol. The van der Waals surface area contributed by atoms with E-state index in [0.29, 0.717) is 5.41 Å². The first-order valence-electron chi connectivity index (χ1n) is 1.73. The third kappa shape index (κ3) is 70.3. The van der Waals surface area contributed by atoms with Gasteiger partial charge in [0.2, 0.25) is 0 Å². The van der Waals surface area contributed by atoms with Crippen molar-refractivity contribution in [1.29, 1.82) is 0 Å². The molecule has 0 aromatic heterocycles. The second-order valence-corrected chi connectivity index (χ2v) is 2.26. The van der Waals surface area contributed by atoms with Crippen molar-refractivity contribution >= 4 is 10.1 Å². The van der Waals surface area contributed by atoms with E-state index in [9.17, 15) is 21.6 Å². The molecule has 0 bridgehead atoms. The van der Waals surface area contributed by atoms with Crippen LogP contribution in [0.5, 0.6) is 0 Å². The number of rotatable bonds is 1. The molecule has 62 valence electrons. The minimum atomic E-state index is -3.90. The van der Waals surface area contributed by atoms with Crippen LogP contribution in [0.1, 0.15) is 0 Å². The Labute approximate surface area is 74.2 Å². The van der Waals surface area contributed by atoms with Crippen LogP contribution in [0, 0.1) is 6.68 Å². The second kappa shape index (κ2) is 8.14. The largest absolute Gasteiger partial charge is 1.00 e. The van der Waals surface area contributed by atoms with Crippen LogP contribution in [-0.2, 0) is 10.1 Å². The molecule has 0 spiro atoms. The molecule has 0 aromatic carbocycles. The van der Waals surface area contributed by atoms with Gasteiger partial charge in [-0.05, 0) is 0 Å². The Balaban J connectivity index is -0.000000114. The van der Waals surface area contributed by atoms with Crippen molar-refractivity contribution in [1.82, 2.24) is 0 Å². The second-order valence-electron chi connectivity index (χ2n) is 0.896. The molecule has 0 radical (unpaired) electrons. The van der Waals surface area contributed by atoms with Gasteiger partial charge in [-0.1, -0.05) is 6.58 Å². The van der Waals surface area contributed by atoms with Crippen molar-refractivity contribution in [2.75, 3.05) is 0 Å². The molecule has 1 N–H and O–H groups in total. The first-order valence-corrected chi connectivity index (χ1v) is 3.23. The van der Waals surface area contributed by atoms with E-state index in [1.54, 1.807) is 0 Å². The van der Waals surface area contributed by atoms with Gasteiger partial charge in [0.1, 0.15) is 0 Å². The third-order valence-corrected chi connectivity index (χ3v) is 0.632. The Morgan fingerprint density at radius 2 is 1.45 bits per heavy atom. The van der Waals surface area contributed by atoms with Crippen molar-refractivity contribution in [2.24, 2.45) is 0 Å². The van der Waals surface area contributed by atoms with Gasteiger partial charge in [-0.2, -0.15) is 8.42 Å². The topological polar surface area (TPSA) is 54.4 Å². The summed E-state index contributed by atoms with van der Waals surface area (Å²) in [6.07, 6.45) is 0. The van der Waals surface area contributed by atoms with Crippen LogP contribution in [-0.4, -0.2) is 13.0 Å². The molecule has 0 aliphatic heterocycles. The SMILES string of the molecule is C=CS(=O)(=O)O.F[C-](F)F.[Li+]. The molecule has 0 aliphatic carbocycles. The Kier molecular flexibility index (Phi) is 12.7. The van der Waals surface area contributed by atoms with Gasteiger partial charge in [-0.25, -0.2) is 0 Å². The molecule has 0 atom stereocenters. The molecule has 0 heterocycles. The zero-order valence-electron chi connectivity index (χ0n) is 5.59. The molecule has 0 unspecified atom stereocenters. The summed E-state index contributed by atoms with van der Waals surface area (Å²) in [5.41, 5.74) is 0. The van der Waals surface area contributed by atoms with E-state index in [0.717, 1.165) is 0 Å². The first kappa shape index (κ1) is 17.2. The van der Waals surface area contributed by atoms with E-state index in [4.69, 9.17) is 4.55 Å². The van der Waals surface area contributed by atoms with Gasteiger partial charge in [-0.3, -0.25) is 4.55 Å². The number of hydrogen-bond donors (Lipinski definition) is 1. The van der Waals surface area contributed by atoms with Crippen molar-refractivity contribution in [3.8, 4) is 0 Å². The summed E-state index contributed by atoms with van der Waals surface area (Å²) in [5, 5.41) is 0.465. The Morgan fingerprint density at radius 1 is 1.36 bits per heavy atom. The van der Waals surface area contributed by atoms with Crippen LogP contribution in [0.25, 0.3) is 0 Å². The maximum atomic E-state index is 9.58. The molecule has 8 heteroatoms. The molecule has 0 aromatic rings. The van der Waals surface area contributed by atoms with E-state index in [1.165, 1.54) is 0 Å². The van der Waals surface area contributed by atoms with Crippen LogP contribution < -0.4 is 18.9 Å². The zero-order chi connectivity index (χ0) is 8.78. The minimum absolute atomic E-state index is 0. The third-order valence-electron chi connectivity index (χ3n) is 0.211. The van der Waals surface area contributed by atoms with Gasteiger partial charge in [0.15, 0.2) is 6.68 Å². The molecular formula is C3H4F3LiO3S. The van der Waals surface area contributed by atoms with Crippen LogP contribution in [0.15, 0.2) is 12.0 Å². The molecule has 3 nitrogen and oxygen atoms in total. The fourth-order valence-electron chi connectivity index (χ4n) is 0. The Hall–Kier alpha value is 0.0374. The molecule has 0 aliphatic rings. The van der Waals surface area contributed by atoms with Crippen molar-refractivity contribution in [3.63, 3.8) is 0 Å². The molecule has 0 rings (SSSR count). The van der Waals surface area contributed by atoms with E-state index >= 15 is 0 Å². The first-order chi connectivity index (χ1) is 4.29. The van der Waals surface area contributed by atoms with Crippen molar-refractivity contribution < 1.29 is 45.0 Å². The Morgan fingerprint density at radius 3 is 1.45 bits per heavy atom. The van der Waals surface area contributed by atoms with E-state index < -0.39 is 16.8 Å². The summed E-state index contributed by atoms with van der Waals surface area (Å²) in [5.74, 6) is 0. The summed E-state index contributed by atoms with van der Waals surface area (Å²) >= 11 is 0. The molecule has 11 heavy (non-hydrogen) atoms. The number of hydrogen-bond acceptors (Lipinski definition) is 2. The maximum absolute atomic E-state index is 9.58. The minimum Gasteiger partial charge on any atom is -0.385 e. The van der Waals surface area contributed by atoms with Gasteiger partial charge < -0.3 is 13.2 Å². The maximum Gasteiger partial charge on any atom is 1.00 e. The smallest absolute Gasteiger partial charge is 0.385 e. The van der Waals surface area contributed by atoms with Crippen LogP contribution in [0.3, 0.4) is 0 Å². The quantitative estimate of drug-likeness (QED) is 0.302. The van der Waals surface area contributed by atoms with Crippen molar-refractivity contribution in [2.45, 2.75) is 0 Å². The Bertz CT molecular complexity index is 164. The summed E-state index contributed by atoms with van der Waals surface area (Å²) in [7, 11) is -3.90. The van der Waals surface area contributed by atoms with E-state index in [1.807, 2.05) is 0 Å². The molecule has 0 fully saturated rings. The van der Waals surface area contributed by atoms with Gasteiger partial charge in [0.25, 0.3) is 10.1 Å². The summed E-state index contributed by atoms with van der Waals surface area (Å²) in [6, 6.07) is 0. The molecule has 0 amide bonds. The fraction of sp³-hybridized carbons (Fsp3) is 0. The van der Waals surface area contributed by atoms with Crippen LogP contribution in [0.2, 0.25) is 0 Å².